The van der Waals surface area contributed by atoms with E-state index < -0.39 is 83.0 Å². The zero-order chi connectivity index (χ0) is 45.0. The fourth-order valence-electron chi connectivity index (χ4n) is 9.45. The number of nitrogens with zero attached hydrogens (tertiary/aromatic N) is 1. The van der Waals surface area contributed by atoms with Crippen molar-refractivity contribution in [1.82, 2.24) is 15.9 Å². The highest BCUT2D eigenvalue weighted by atomic mass is 16.9. The van der Waals surface area contributed by atoms with Gasteiger partial charge in [-0.15, -0.1) is 13.2 Å². The molecule has 0 aromatic heterocycles. The predicted octanol–water partition coefficient (Wildman–Crippen LogP) is 5.63. The van der Waals surface area contributed by atoms with Gasteiger partial charge in [0.1, 0.15) is 30.5 Å². The lowest BCUT2D eigenvalue weighted by molar-refractivity contribution is -0.385. The van der Waals surface area contributed by atoms with E-state index in [-0.39, 0.29) is 42.9 Å². The fraction of sp³-hybridized carbons (Fsp3) is 0.667. The van der Waals surface area contributed by atoms with E-state index in [9.17, 15) is 24.6 Å². The molecule has 1 aliphatic carbocycles. The first-order valence-electron chi connectivity index (χ1n) is 21.0. The van der Waals surface area contributed by atoms with Crippen molar-refractivity contribution >= 4 is 17.9 Å². The second-order valence-electron chi connectivity index (χ2n) is 17.8. The highest BCUT2D eigenvalue weighted by Gasteiger charge is 2.74. The second-order valence-corrected chi connectivity index (χ2v) is 17.8. The molecule has 336 valence electrons. The highest BCUT2D eigenvalue weighted by molar-refractivity contribution is 5.89. The van der Waals surface area contributed by atoms with Crippen molar-refractivity contribution in [2.45, 2.75) is 161 Å². The number of benzene rings is 1. The topological polar surface area (TPSA) is 184 Å². The van der Waals surface area contributed by atoms with Crippen LogP contribution in [0.5, 0.6) is 0 Å². The van der Waals surface area contributed by atoms with Gasteiger partial charge in [0.25, 0.3) is 0 Å². The predicted molar refractivity (Wildman–Crippen MR) is 223 cm³/mol. The van der Waals surface area contributed by atoms with E-state index in [1.165, 1.54) is 6.92 Å². The molecular weight excluding hydrogens is 775 g/mol. The summed E-state index contributed by atoms with van der Waals surface area (Å²) in [5, 5.41) is 27.2. The lowest BCUT2D eigenvalue weighted by Crippen LogP contribution is -2.82. The molecule has 0 amide bonds. The summed E-state index contributed by atoms with van der Waals surface area (Å²) in [7, 11) is 0. The van der Waals surface area contributed by atoms with Gasteiger partial charge in [0.15, 0.2) is 18.2 Å². The van der Waals surface area contributed by atoms with E-state index in [0.29, 0.717) is 30.4 Å². The van der Waals surface area contributed by atoms with Crippen molar-refractivity contribution in [2.24, 2.45) is 17.3 Å². The Balaban J connectivity index is 0.00000193. The third kappa shape index (κ3) is 9.77. The molecule has 60 heavy (non-hydrogen) atoms. The van der Waals surface area contributed by atoms with Gasteiger partial charge in [0, 0.05) is 25.7 Å². The number of ether oxygens (including phenoxy) is 5. The molecule has 4 N–H and O–H groups in total. The average molecular weight is 844 g/mol. The molecule has 0 radical (unpaired) electrons. The van der Waals surface area contributed by atoms with Crippen LogP contribution in [0.2, 0.25) is 0 Å². The lowest BCUT2D eigenvalue weighted by Gasteiger charge is -2.64. The minimum absolute atomic E-state index is 0.0279. The highest BCUT2D eigenvalue weighted by Crippen LogP contribution is 2.62. The molecular formula is C45H69N3O12. The molecule has 4 fully saturated rings. The summed E-state index contributed by atoms with van der Waals surface area (Å²) in [4.78, 5) is 54.9. The molecule has 6 rings (SSSR count). The summed E-state index contributed by atoms with van der Waals surface area (Å²) < 4.78 is 31.0. The zero-order valence-corrected chi connectivity index (χ0v) is 37.4. The monoisotopic (exact) mass is 843 g/mol. The van der Waals surface area contributed by atoms with Gasteiger partial charge >= 0.3 is 17.9 Å². The minimum Gasteiger partial charge on any atom is -0.474 e. The maximum absolute atomic E-state index is 14.3. The normalized spacial score (nSPS) is 30.6. The Morgan fingerprint density at radius 1 is 1.08 bits per heavy atom. The number of nitrogens with one attached hydrogen (secondary N) is 2. The van der Waals surface area contributed by atoms with E-state index >= 15 is 0 Å². The summed E-state index contributed by atoms with van der Waals surface area (Å²) in [6.07, 6.45) is -4.11. The van der Waals surface area contributed by atoms with Crippen molar-refractivity contribution in [3.05, 3.63) is 72.7 Å². The molecule has 1 aromatic carbocycles. The van der Waals surface area contributed by atoms with Gasteiger partial charge in [-0.25, -0.2) is 14.5 Å². The summed E-state index contributed by atoms with van der Waals surface area (Å²) >= 11 is 0. The molecule has 0 bridgehead atoms. The summed E-state index contributed by atoms with van der Waals surface area (Å²) in [5.74, 6) is -2.18. The van der Waals surface area contributed by atoms with E-state index in [2.05, 4.69) is 30.7 Å². The average Bonchev–Trinajstić information content (AvgIpc) is 3.26. The standard InChI is InChI=1S/C41H59N3O12.C2H6.C2H4/c1-22(2)16-29(42-24(4)54-38(6,7)8)34(46)36(48)52-31-19-40(39(9,10)49)28(23(31)3)17-27-20-51-43-56-30-18-32-41(21-50-32,55-25(5)45)44(33(27)30)37(40)53-35(47)26-14-12-11-13-15-26;2*1-2/h11-15,22,27,29-34,37,42-43,46,49H,4,16-21H2,1-3,5-10H3;1-2H3;1-2H2/t27-,29+,30+,31+,32-,33?,34-,37-,40?,41+;;/m1../s1. The molecule has 4 aliphatic heterocycles. The molecule has 15 heteroatoms. The smallest absolute Gasteiger partial charge is 0.339 e. The number of hydrogen-bond donors (Lipinski definition) is 4. The van der Waals surface area contributed by atoms with Crippen LogP contribution in [0.1, 0.15) is 112 Å². The number of aliphatic hydroxyl groups excluding tert-OH is 1. The van der Waals surface area contributed by atoms with Crippen LogP contribution in [0.15, 0.2) is 67.1 Å². The first-order chi connectivity index (χ1) is 28.2. The minimum atomic E-state index is -1.65. The molecule has 4 saturated heterocycles. The van der Waals surface area contributed by atoms with Crippen molar-refractivity contribution in [1.29, 1.82) is 0 Å². The molecule has 0 spiro atoms. The van der Waals surface area contributed by atoms with Crippen LogP contribution < -0.4 is 11.0 Å². The maximum Gasteiger partial charge on any atom is 0.339 e. The van der Waals surface area contributed by atoms with Crippen LogP contribution in [0.3, 0.4) is 0 Å². The molecule has 0 saturated carbocycles. The van der Waals surface area contributed by atoms with E-state index in [0.717, 1.165) is 0 Å². The van der Waals surface area contributed by atoms with Gasteiger partial charge in [-0.05, 0) is 84.6 Å². The number of piperidine rings is 1. The third-order valence-corrected chi connectivity index (χ3v) is 11.8. The Morgan fingerprint density at radius 3 is 2.28 bits per heavy atom. The van der Waals surface area contributed by atoms with Crippen LogP contribution in [-0.2, 0) is 42.9 Å². The van der Waals surface area contributed by atoms with Gasteiger partial charge < -0.3 is 39.2 Å². The van der Waals surface area contributed by atoms with Crippen LogP contribution in [0, 0.1) is 17.3 Å². The first-order valence-corrected chi connectivity index (χ1v) is 21.0. The number of carbonyl (C=O) groups is 3. The molecule has 4 heterocycles. The van der Waals surface area contributed by atoms with E-state index in [4.69, 9.17) is 33.4 Å². The van der Waals surface area contributed by atoms with E-state index in [1.807, 2.05) is 60.3 Å². The Bertz CT molecular complexity index is 1710. The Hall–Kier alpha value is -3.83. The fourth-order valence-corrected chi connectivity index (χ4v) is 9.45. The Morgan fingerprint density at radius 2 is 1.73 bits per heavy atom. The number of fused-ring (bicyclic) bond motifs is 3. The van der Waals surface area contributed by atoms with Crippen LogP contribution in [0.25, 0.3) is 0 Å². The second kappa shape index (κ2) is 19.5. The van der Waals surface area contributed by atoms with Gasteiger partial charge in [-0.1, -0.05) is 57.1 Å². The van der Waals surface area contributed by atoms with Crippen LogP contribution in [0.4, 0.5) is 0 Å². The number of hydrogen-bond acceptors (Lipinski definition) is 15. The molecule has 15 nitrogen and oxygen atoms in total. The number of rotatable bonds is 12. The summed E-state index contributed by atoms with van der Waals surface area (Å²) in [5.41, 5.74) is -0.873. The van der Waals surface area contributed by atoms with Crippen LogP contribution in [-0.4, -0.2) is 106 Å². The Labute approximate surface area is 355 Å². The molecule has 1 aromatic rings. The third-order valence-electron chi connectivity index (χ3n) is 11.8. The van der Waals surface area contributed by atoms with Crippen molar-refractivity contribution in [3.8, 4) is 0 Å². The Kier molecular flexibility index (Phi) is 15.9. The number of esters is 3. The van der Waals surface area contributed by atoms with E-state index in [1.54, 1.807) is 44.2 Å². The van der Waals surface area contributed by atoms with Gasteiger partial charge in [0.05, 0.1) is 35.3 Å². The summed E-state index contributed by atoms with van der Waals surface area (Å²) in [6, 6.07) is 7.14. The van der Waals surface area contributed by atoms with Gasteiger partial charge in [-0.2, -0.15) is 0 Å². The van der Waals surface area contributed by atoms with Crippen molar-refractivity contribution in [2.75, 3.05) is 13.2 Å². The zero-order valence-electron chi connectivity index (χ0n) is 37.4. The molecule has 10 atom stereocenters. The van der Waals surface area contributed by atoms with Crippen molar-refractivity contribution < 1.29 is 58.0 Å². The SMILES string of the molecule is C=C.C=C(N[C@@H](CC(C)C)[C@@H](O)C(=O)O[C@H]1CC2(C(C)(C)O)C(=C1C)C[C@@H]1CONO[C@H]3C[C@H]4OC[C@@]4(OC(C)=O)N(C13)[C@@H]2OC(=O)c1ccccc1)OC(C)(C)C.CC. The lowest BCUT2D eigenvalue weighted by atomic mass is 9.65. The maximum atomic E-state index is 14.3. The number of carbonyl (C=O) groups excluding carboxylic acids is 3. The van der Waals surface area contributed by atoms with Crippen molar-refractivity contribution in [3.63, 3.8) is 0 Å². The summed E-state index contributed by atoms with van der Waals surface area (Å²) in [6.45, 7) is 30.0. The first kappa shape index (κ1) is 48.8. The number of aliphatic hydroxyl groups is 2. The van der Waals surface area contributed by atoms with Gasteiger partial charge in [-0.3, -0.25) is 14.5 Å². The van der Waals surface area contributed by atoms with Gasteiger partial charge in [0.2, 0.25) is 5.72 Å². The quantitative estimate of drug-likeness (QED) is 0.0879. The van der Waals surface area contributed by atoms with Crippen LogP contribution >= 0.6 is 0 Å². The molecule has 5 aliphatic rings. The molecule has 2 unspecified atom stereocenters. The largest absolute Gasteiger partial charge is 0.474 e.